The number of amides is 4. The Hall–Kier alpha value is -4.22. The van der Waals surface area contributed by atoms with Gasteiger partial charge in [0.25, 0.3) is 15.9 Å². The minimum Gasteiger partial charge on any atom is -0.379 e. The number of Topliss-reactive ketones (excluding diaryl/α,β-unsaturated/α-hetero) is 1. The maximum absolute atomic E-state index is 14.4. The number of nitrogens with zero attached hydrogens (tertiary/aromatic N) is 3. The number of likely N-dealkylation sites (tertiary alicyclic amines) is 1. The monoisotopic (exact) mass is 913 g/mol. The normalized spacial score (nSPS) is 18.2. The van der Waals surface area contributed by atoms with Crippen LogP contribution in [0.15, 0.2) is 59.5 Å². The first-order chi connectivity index (χ1) is 30.1. The minimum atomic E-state index is -4.29. The Labute approximate surface area is 382 Å². The third kappa shape index (κ3) is 14.1. The summed E-state index contributed by atoms with van der Waals surface area (Å²) in [4.78, 5) is 75.4. The van der Waals surface area contributed by atoms with Crippen LogP contribution in [0.2, 0.25) is 0 Å². The summed E-state index contributed by atoms with van der Waals surface area (Å²) in [6, 6.07) is 12.2. The van der Waals surface area contributed by atoms with Crippen LogP contribution in [0.5, 0.6) is 0 Å². The van der Waals surface area contributed by atoms with E-state index in [1.165, 1.54) is 26.4 Å². The highest BCUT2D eigenvalue weighted by Gasteiger charge is 2.44. The Bertz CT molecular complexity index is 1940. The number of ketones is 1. The topological polar surface area (TPSA) is 198 Å². The number of sulfonamides is 1. The number of likely N-dealkylation sites (N-methyl/N-ethyl adjacent to an activating group) is 2. The van der Waals surface area contributed by atoms with Gasteiger partial charge in [0.1, 0.15) is 6.04 Å². The predicted octanol–water partition coefficient (Wildman–Crippen LogP) is 4.42. The molecule has 1 heterocycles. The van der Waals surface area contributed by atoms with Gasteiger partial charge in [0.15, 0.2) is 5.78 Å². The lowest BCUT2D eigenvalue weighted by Crippen LogP contribution is -2.55. The van der Waals surface area contributed by atoms with Crippen molar-refractivity contribution in [3.8, 4) is 0 Å². The van der Waals surface area contributed by atoms with Crippen LogP contribution in [0.3, 0.4) is 0 Å². The molecule has 0 unspecified atom stereocenters. The molecule has 0 radical (unpaired) electrons. The Kier molecular flexibility index (Phi) is 21.1. The molecular weight excluding hydrogens is 837 g/mol. The largest absolute Gasteiger partial charge is 0.379 e. The Morgan fingerprint density at radius 3 is 1.98 bits per heavy atom. The molecule has 1 fully saturated rings. The van der Waals surface area contributed by atoms with E-state index in [2.05, 4.69) is 10.0 Å². The summed E-state index contributed by atoms with van der Waals surface area (Å²) in [7, 11) is 4.21. The van der Waals surface area contributed by atoms with Crippen molar-refractivity contribution >= 4 is 39.4 Å². The zero-order valence-corrected chi connectivity index (χ0v) is 41.0. The van der Waals surface area contributed by atoms with E-state index in [1.807, 2.05) is 66.6 Å². The van der Waals surface area contributed by atoms with E-state index in [-0.39, 0.29) is 72.1 Å². The number of nitrogens with two attached hydrogens (primary N) is 1. The molecule has 15 nitrogen and oxygen atoms in total. The highest BCUT2D eigenvalue weighted by molar-refractivity contribution is 7.90. The molecule has 0 saturated carbocycles. The zero-order valence-electron chi connectivity index (χ0n) is 40.2. The lowest BCUT2D eigenvalue weighted by atomic mass is 9.83. The molecule has 1 aliphatic rings. The Morgan fingerprint density at radius 2 is 1.47 bits per heavy atom. The van der Waals surface area contributed by atoms with Crippen LogP contribution in [0.4, 0.5) is 0 Å². The molecule has 0 bridgehead atoms. The van der Waals surface area contributed by atoms with Gasteiger partial charge in [-0.1, -0.05) is 97.4 Å². The summed E-state index contributed by atoms with van der Waals surface area (Å²) in [5.74, 6) is -3.36. The van der Waals surface area contributed by atoms with Crippen LogP contribution in [-0.4, -0.2) is 131 Å². The van der Waals surface area contributed by atoms with Gasteiger partial charge in [-0.15, -0.1) is 0 Å². The minimum absolute atomic E-state index is 0.00787. The maximum Gasteiger partial charge on any atom is 0.264 e. The smallest absolute Gasteiger partial charge is 0.264 e. The van der Waals surface area contributed by atoms with Crippen molar-refractivity contribution in [3.63, 3.8) is 0 Å². The zero-order chi connectivity index (χ0) is 48.1. The lowest BCUT2D eigenvalue weighted by Gasteiger charge is -2.41. The van der Waals surface area contributed by atoms with Crippen molar-refractivity contribution < 1.29 is 41.9 Å². The number of rotatable bonds is 25. The van der Waals surface area contributed by atoms with Gasteiger partial charge < -0.3 is 30.3 Å². The second kappa shape index (κ2) is 24.9. The molecule has 358 valence electrons. The average molecular weight is 913 g/mol. The van der Waals surface area contributed by atoms with Gasteiger partial charge in [-0.05, 0) is 68.0 Å². The number of methoxy groups -OCH3 is 2. The van der Waals surface area contributed by atoms with Gasteiger partial charge in [0.2, 0.25) is 17.7 Å². The number of benzene rings is 2. The molecular formula is C48H76N6O9S. The third-order valence-electron chi connectivity index (χ3n) is 12.9. The first-order valence-corrected chi connectivity index (χ1v) is 24.1. The number of nitrogens with one attached hydrogen (secondary N) is 2. The molecule has 3 rings (SSSR count). The van der Waals surface area contributed by atoms with Crippen molar-refractivity contribution in [2.45, 2.75) is 135 Å². The van der Waals surface area contributed by atoms with Crippen molar-refractivity contribution in [3.05, 3.63) is 65.7 Å². The van der Waals surface area contributed by atoms with Crippen LogP contribution in [0.1, 0.15) is 91.7 Å². The Balaban J connectivity index is 1.83. The fraction of sp³-hybridized carbons (Fsp3) is 0.646. The van der Waals surface area contributed by atoms with Crippen LogP contribution >= 0.6 is 0 Å². The van der Waals surface area contributed by atoms with Gasteiger partial charge in [-0.25, -0.2) is 13.1 Å². The molecule has 2 aromatic rings. The van der Waals surface area contributed by atoms with Gasteiger partial charge >= 0.3 is 0 Å². The lowest BCUT2D eigenvalue weighted by molar-refractivity contribution is -0.149. The summed E-state index contributed by atoms with van der Waals surface area (Å²) in [6.07, 6.45) is 0.525. The fourth-order valence-corrected chi connectivity index (χ4v) is 10.2. The second-order valence-electron chi connectivity index (χ2n) is 18.3. The number of hydrogen-bond donors (Lipinski definition) is 3. The van der Waals surface area contributed by atoms with Gasteiger partial charge in [-0.3, -0.25) is 28.9 Å². The summed E-state index contributed by atoms with van der Waals surface area (Å²) in [6.45, 7) is 14.3. The number of carbonyl (C=O) groups excluding carboxylic acids is 5. The first-order valence-electron chi connectivity index (χ1n) is 22.6. The molecule has 0 aliphatic carbocycles. The Morgan fingerprint density at radius 1 is 0.844 bits per heavy atom. The molecule has 1 aliphatic heterocycles. The third-order valence-corrected chi connectivity index (χ3v) is 14.3. The average Bonchev–Trinajstić information content (AvgIpc) is 3.74. The molecule has 4 N–H and O–H groups in total. The van der Waals surface area contributed by atoms with Crippen LogP contribution in [-0.2, 0) is 56.4 Å². The summed E-state index contributed by atoms with van der Waals surface area (Å²) in [5.41, 5.74) is 7.09. The molecule has 9 atom stereocenters. The standard InChI is InChI=1S/C48H76N6O9S/c1-13-32(6)44(53(10)48(59)37(30(2)3)27-40(55)43(31(4)5)52(8)9)41(62-11)28-42(56)54-25-17-20-39(54)45(63-12)33(7)46(57)50-38(26-34-18-15-14-16-19-34)47(58)51-64(60,61)36-23-21-35(29-49)22-24-36/h14-16,18-19,21-24,30-33,37-39,41,43-45H,13,17,20,25-29,49H2,1-12H3,(H,50,57)(H,51,58)/t32-,33+,37-,38-,39-,41+,43-,44-,45+/m0/s1. The van der Waals surface area contributed by atoms with Crippen molar-refractivity contribution in [2.24, 2.45) is 35.3 Å². The molecule has 2 aromatic carbocycles. The predicted molar refractivity (Wildman–Crippen MR) is 248 cm³/mol. The van der Waals surface area contributed by atoms with Crippen LogP contribution in [0.25, 0.3) is 0 Å². The molecule has 0 aromatic heterocycles. The molecule has 64 heavy (non-hydrogen) atoms. The highest BCUT2D eigenvalue weighted by Crippen LogP contribution is 2.31. The van der Waals surface area contributed by atoms with E-state index >= 15 is 0 Å². The first kappa shape index (κ1) is 54.1. The van der Waals surface area contributed by atoms with E-state index in [1.54, 1.807) is 60.2 Å². The van der Waals surface area contributed by atoms with E-state index in [0.29, 0.717) is 31.4 Å². The fourth-order valence-electron chi connectivity index (χ4n) is 9.20. The molecule has 0 spiro atoms. The van der Waals surface area contributed by atoms with Crippen LogP contribution < -0.4 is 15.8 Å². The maximum atomic E-state index is 14.4. The van der Waals surface area contributed by atoms with Crippen molar-refractivity contribution in [2.75, 3.05) is 41.9 Å². The van der Waals surface area contributed by atoms with Crippen molar-refractivity contribution in [1.29, 1.82) is 0 Å². The highest BCUT2D eigenvalue weighted by atomic mass is 32.2. The molecule has 16 heteroatoms. The summed E-state index contributed by atoms with van der Waals surface area (Å²) in [5, 5.41) is 2.79. The van der Waals surface area contributed by atoms with Crippen molar-refractivity contribution in [1.82, 2.24) is 24.7 Å². The van der Waals surface area contributed by atoms with Gasteiger partial charge in [0, 0.05) is 53.1 Å². The van der Waals surface area contributed by atoms with E-state index in [4.69, 9.17) is 15.2 Å². The molecule has 1 saturated heterocycles. The number of ether oxygens (including phenoxy) is 2. The number of hydrogen-bond acceptors (Lipinski definition) is 11. The quantitative estimate of drug-likeness (QED) is 0.128. The van der Waals surface area contributed by atoms with Crippen LogP contribution in [0, 0.1) is 29.6 Å². The van der Waals surface area contributed by atoms with Gasteiger partial charge in [0.05, 0.1) is 47.6 Å². The van der Waals surface area contributed by atoms with E-state index < -0.39 is 64.0 Å². The van der Waals surface area contributed by atoms with E-state index in [9.17, 15) is 32.4 Å². The van der Waals surface area contributed by atoms with E-state index in [0.717, 1.165) is 5.56 Å². The van der Waals surface area contributed by atoms with Gasteiger partial charge in [-0.2, -0.15) is 0 Å². The molecule has 4 amide bonds. The number of carbonyl (C=O) groups is 5. The summed E-state index contributed by atoms with van der Waals surface area (Å²) >= 11 is 0. The SMILES string of the molecule is CC[C@H](C)[C@@H]([C@@H](CC(=O)N1CCC[C@H]1[C@H](OC)[C@@H](C)C(=O)N[C@@H](Cc1ccccc1)C(=O)NS(=O)(=O)c1ccc(CN)cc1)OC)N(C)C(=O)[C@@H](CC(=O)[C@H](C(C)C)N(C)C)C(C)C. The summed E-state index contributed by atoms with van der Waals surface area (Å²) < 4.78 is 40.8. The second-order valence-corrected chi connectivity index (χ2v) is 20.0.